The predicted molar refractivity (Wildman–Crippen MR) is 67.2 cm³/mol. The average molecular weight is 233 g/mol. The molecule has 1 aromatic carbocycles. The minimum Gasteiger partial charge on any atom is -0.496 e. The molecule has 3 nitrogen and oxygen atoms in total. The summed E-state index contributed by atoms with van der Waals surface area (Å²) in [5, 5.41) is 3.27. The van der Waals surface area contributed by atoms with Gasteiger partial charge in [-0.1, -0.05) is 25.1 Å². The summed E-state index contributed by atoms with van der Waals surface area (Å²) in [6.07, 6.45) is 0.473. The van der Waals surface area contributed by atoms with Crippen molar-refractivity contribution in [2.45, 2.75) is 13.3 Å². The molecule has 1 heterocycles. The van der Waals surface area contributed by atoms with Crippen molar-refractivity contribution >= 4 is 5.78 Å². The highest BCUT2D eigenvalue weighted by Crippen LogP contribution is 2.23. The van der Waals surface area contributed by atoms with Gasteiger partial charge >= 0.3 is 0 Å². The summed E-state index contributed by atoms with van der Waals surface area (Å²) in [7, 11) is 1.64. The molecule has 0 saturated carbocycles. The van der Waals surface area contributed by atoms with Gasteiger partial charge in [-0.3, -0.25) is 4.79 Å². The van der Waals surface area contributed by atoms with Crippen molar-refractivity contribution in [3.8, 4) is 5.75 Å². The number of ether oxygens (including phenoxy) is 1. The molecule has 0 aromatic heterocycles. The van der Waals surface area contributed by atoms with E-state index in [-0.39, 0.29) is 5.92 Å². The van der Waals surface area contributed by atoms with Gasteiger partial charge in [0.15, 0.2) is 0 Å². The summed E-state index contributed by atoms with van der Waals surface area (Å²) in [5.41, 5.74) is 0.985. The first kappa shape index (κ1) is 12.1. The molecule has 1 aliphatic rings. The Morgan fingerprint density at radius 1 is 1.41 bits per heavy atom. The van der Waals surface area contributed by atoms with E-state index in [2.05, 4.69) is 12.2 Å². The van der Waals surface area contributed by atoms with Crippen LogP contribution < -0.4 is 10.1 Å². The monoisotopic (exact) mass is 233 g/mol. The van der Waals surface area contributed by atoms with E-state index in [4.69, 9.17) is 4.74 Å². The molecule has 2 rings (SSSR count). The van der Waals surface area contributed by atoms with Crippen LogP contribution in [0.3, 0.4) is 0 Å². The van der Waals surface area contributed by atoms with E-state index in [0.717, 1.165) is 24.4 Å². The summed E-state index contributed by atoms with van der Waals surface area (Å²) < 4.78 is 5.27. The highest BCUT2D eigenvalue weighted by molar-refractivity contribution is 5.84. The zero-order valence-corrected chi connectivity index (χ0v) is 10.4. The third kappa shape index (κ3) is 2.67. The normalized spacial score (nSPS) is 23.6. The highest BCUT2D eigenvalue weighted by Gasteiger charge is 2.29. The first-order chi connectivity index (χ1) is 8.22. The molecule has 2 atom stereocenters. The second kappa shape index (κ2) is 5.32. The molecule has 0 bridgehead atoms. The Kier molecular flexibility index (Phi) is 3.79. The first-order valence-corrected chi connectivity index (χ1v) is 6.07. The summed E-state index contributed by atoms with van der Waals surface area (Å²) in [4.78, 5) is 12.2. The van der Waals surface area contributed by atoms with Crippen LogP contribution in [0.5, 0.6) is 5.75 Å². The number of benzene rings is 1. The van der Waals surface area contributed by atoms with Crippen LogP contribution in [0.15, 0.2) is 24.3 Å². The van der Waals surface area contributed by atoms with Crippen molar-refractivity contribution in [1.29, 1.82) is 0 Å². The molecule has 92 valence electrons. The molecule has 2 unspecified atom stereocenters. The van der Waals surface area contributed by atoms with Gasteiger partial charge in [0.05, 0.1) is 7.11 Å². The summed E-state index contributed by atoms with van der Waals surface area (Å²) in [6, 6.07) is 7.73. The van der Waals surface area contributed by atoms with Gasteiger partial charge in [-0.25, -0.2) is 0 Å². The molecule has 1 fully saturated rings. The number of carbonyl (C=O) groups excluding carboxylic acids is 1. The third-order valence-electron chi connectivity index (χ3n) is 3.49. The van der Waals surface area contributed by atoms with Crippen molar-refractivity contribution < 1.29 is 9.53 Å². The van der Waals surface area contributed by atoms with E-state index in [9.17, 15) is 4.79 Å². The Morgan fingerprint density at radius 3 is 2.82 bits per heavy atom. The number of carbonyl (C=O) groups is 1. The van der Waals surface area contributed by atoms with Gasteiger partial charge in [0, 0.05) is 24.4 Å². The molecule has 1 aromatic rings. The van der Waals surface area contributed by atoms with Gasteiger partial charge < -0.3 is 10.1 Å². The molecule has 0 radical (unpaired) electrons. The van der Waals surface area contributed by atoms with Gasteiger partial charge in [0.1, 0.15) is 11.5 Å². The van der Waals surface area contributed by atoms with E-state index in [1.165, 1.54) is 0 Å². The highest BCUT2D eigenvalue weighted by atomic mass is 16.5. The van der Waals surface area contributed by atoms with E-state index < -0.39 is 0 Å². The maximum Gasteiger partial charge on any atom is 0.142 e. The lowest BCUT2D eigenvalue weighted by molar-refractivity contribution is -0.122. The fourth-order valence-electron chi connectivity index (χ4n) is 2.41. The zero-order valence-electron chi connectivity index (χ0n) is 10.4. The maximum absolute atomic E-state index is 12.2. The number of hydrogen-bond acceptors (Lipinski definition) is 3. The van der Waals surface area contributed by atoms with Crippen molar-refractivity contribution in [1.82, 2.24) is 5.32 Å². The van der Waals surface area contributed by atoms with Crippen LogP contribution in [0.1, 0.15) is 12.5 Å². The van der Waals surface area contributed by atoms with Gasteiger partial charge in [-0.15, -0.1) is 0 Å². The van der Waals surface area contributed by atoms with Crippen LogP contribution in [0.2, 0.25) is 0 Å². The van der Waals surface area contributed by atoms with Crippen LogP contribution >= 0.6 is 0 Å². The van der Waals surface area contributed by atoms with E-state index >= 15 is 0 Å². The van der Waals surface area contributed by atoms with Crippen molar-refractivity contribution in [2.75, 3.05) is 20.2 Å². The van der Waals surface area contributed by atoms with Crippen molar-refractivity contribution in [3.05, 3.63) is 29.8 Å². The number of para-hydroxylation sites is 1. The largest absolute Gasteiger partial charge is 0.496 e. The topological polar surface area (TPSA) is 38.3 Å². The fraction of sp³-hybridized carbons (Fsp3) is 0.500. The number of rotatable bonds is 4. The molecule has 3 heteroatoms. The predicted octanol–water partition coefficient (Wildman–Crippen LogP) is 1.66. The van der Waals surface area contributed by atoms with Gasteiger partial charge in [0.2, 0.25) is 0 Å². The molecule has 17 heavy (non-hydrogen) atoms. The summed E-state index contributed by atoms with van der Waals surface area (Å²) in [6.45, 7) is 3.89. The Bertz CT molecular complexity index is 403. The summed E-state index contributed by atoms with van der Waals surface area (Å²) in [5.74, 6) is 1.71. The quantitative estimate of drug-likeness (QED) is 0.859. The van der Waals surface area contributed by atoms with Gasteiger partial charge in [-0.2, -0.15) is 0 Å². The molecule has 0 aliphatic carbocycles. The maximum atomic E-state index is 12.2. The Morgan fingerprint density at radius 2 is 2.18 bits per heavy atom. The SMILES string of the molecule is COc1ccccc1CC(=O)C1CNCC1C. The number of nitrogens with one attached hydrogen (secondary N) is 1. The fourth-order valence-corrected chi connectivity index (χ4v) is 2.41. The molecule has 1 saturated heterocycles. The Balaban J connectivity index is 2.07. The van der Waals surface area contributed by atoms with Crippen molar-refractivity contribution in [2.24, 2.45) is 11.8 Å². The van der Waals surface area contributed by atoms with E-state index in [0.29, 0.717) is 18.1 Å². The second-order valence-corrected chi connectivity index (χ2v) is 4.70. The lowest BCUT2D eigenvalue weighted by atomic mass is 9.90. The Labute approximate surface area is 102 Å². The second-order valence-electron chi connectivity index (χ2n) is 4.70. The van der Waals surface area contributed by atoms with Crippen LogP contribution in [-0.4, -0.2) is 26.0 Å². The third-order valence-corrected chi connectivity index (χ3v) is 3.49. The minimum absolute atomic E-state index is 0.153. The number of Topliss-reactive ketones (excluding diaryl/α,β-unsaturated/α-hetero) is 1. The zero-order chi connectivity index (χ0) is 12.3. The van der Waals surface area contributed by atoms with Crippen LogP contribution in [0, 0.1) is 11.8 Å². The van der Waals surface area contributed by atoms with Gasteiger partial charge in [0.25, 0.3) is 0 Å². The Hall–Kier alpha value is -1.35. The molecular weight excluding hydrogens is 214 g/mol. The molecule has 1 aliphatic heterocycles. The van der Waals surface area contributed by atoms with E-state index in [1.807, 2.05) is 24.3 Å². The van der Waals surface area contributed by atoms with Crippen molar-refractivity contribution in [3.63, 3.8) is 0 Å². The average Bonchev–Trinajstić information content (AvgIpc) is 2.76. The van der Waals surface area contributed by atoms with E-state index in [1.54, 1.807) is 7.11 Å². The lowest BCUT2D eigenvalue weighted by Gasteiger charge is -2.14. The molecule has 0 amide bonds. The molecule has 0 spiro atoms. The molecular formula is C14H19NO2. The number of hydrogen-bond donors (Lipinski definition) is 1. The smallest absolute Gasteiger partial charge is 0.142 e. The standard InChI is InChI=1S/C14H19NO2/c1-10-8-15-9-12(10)13(16)7-11-5-3-4-6-14(11)17-2/h3-6,10,12,15H,7-9H2,1-2H3. The number of methoxy groups -OCH3 is 1. The molecule has 1 N–H and O–H groups in total. The lowest BCUT2D eigenvalue weighted by Crippen LogP contribution is -2.23. The summed E-state index contributed by atoms with van der Waals surface area (Å²) >= 11 is 0. The van der Waals surface area contributed by atoms with Crippen LogP contribution in [0.25, 0.3) is 0 Å². The number of ketones is 1. The minimum atomic E-state index is 0.153. The van der Waals surface area contributed by atoms with Crippen LogP contribution in [0.4, 0.5) is 0 Å². The van der Waals surface area contributed by atoms with Gasteiger partial charge in [-0.05, 0) is 18.5 Å². The first-order valence-electron chi connectivity index (χ1n) is 6.07. The van der Waals surface area contributed by atoms with Crippen LogP contribution in [-0.2, 0) is 11.2 Å².